The lowest BCUT2D eigenvalue weighted by molar-refractivity contribution is -0.142. The number of pyridine rings is 1. The van der Waals surface area contributed by atoms with Gasteiger partial charge in [0.05, 0.1) is 11.6 Å². The lowest BCUT2D eigenvalue weighted by Crippen LogP contribution is -2.42. The van der Waals surface area contributed by atoms with Crippen LogP contribution in [0.1, 0.15) is 55.7 Å². The minimum atomic E-state index is -0.531. The molecule has 1 unspecified atom stereocenters. The molecule has 0 N–H and O–H groups in total. The summed E-state index contributed by atoms with van der Waals surface area (Å²) in [6.07, 6.45) is 8.80. The number of carbonyl (C=O) groups excluding carboxylic acids is 1. The third kappa shape index (κ3) is 2.10. The number of carbonyl (C=O) groups is 1. The van der Waals surface area contributed by atoms with Crippen LogP contribution in [0.5, 0.6) is 0 Å². The van der Waals surface area contributed by atoms with Gasteiger partial charge in [-0.2, -0.15) is 0 Å². The molecule has 3 heteroatoms. The fourth-order valence-electron chi connectivity index (χ4n) is 3.68. The topological polar surface area (TPSA) is 39.2 Å². The van der Waals surface area contributed by atoms with E-state index in [0.29, 0.717) is 0 Å². The number of methoxy groups -OCH3 is 1. The highest BCUT2D eigenvalue weighted by molar-refractivity contribution is 5.93. The van der Waals surface area contributed by atoms with Gasteiger partial charge in [0, 0.05) is 13.3 Å². The van der Waals surface area contributed by atoms with Crippen LogP contribution in [-0.4, -0.2) is 23.5 Å². The molecule has 1 atom stereocenters. The van der Waals surface area contributed by atoms with E-state index in [9.17, 15) is 4.79 Å². The third-order valence-corrected chi connectivity index (χ3v) is 4.76. The Bertz CT molecular complexity index is 477. The quantitative estimate of drug-likeness (QED) is 0.837. The molecule has 0 aromatic carbocycles. The summed E-state index contributed by atoms with van der Waals surface area (Å²) < 4.78 is 5.65. The molecule has 19 heavy (non-hydrogen) atoms. The molecule has 102 valence electrons. The number of ether oxygens (including phenoxy) is 1. The predicted molar refractivity (Wildman–Crippen MR) is 73.1 cm³/mol. The van der Waals surface area contributed by atoms with Gasteiger partial charge >= 0.3 is 0 Å². The minimum Gasteiger partial charge on any atom is -0.370 e. The molecule has 0 spiro atoms. The van der Waals surface area contributed by atoms with E-state index in [1.165, 1.54) is 5.56 Å². The SMILES string of the molecule is COC1(C(=O)C2CCCc3cccnc32)CCCC1. The molecule has 2 aliphatic rings. The standard InChI is InChI=1S/C16H21NO2/c1-19-16(9-2-3-10-16)15(18)13-8-4-6-12-7-5-11-17-14(12)13/h5,7,11,13H,2-4,6,8-10H2,1H3. The van der Waals surface area contributed by atoms with Gasteiger partial charge in [0.15, 0.2) is 5.78 Å². The summed E-state index contributed by atoms with van der Waals surface area (Å²) >= 11 is 0. The van der Waals surface area contributed by atoms with Crippen molar-refractivity contribution in [3.05, 3.63) is 29.6 Å². The minimum absolute atomic E-state index is 0.0528. The Balaban J connectivity index is 1.93. The summed E-state index contributed by atoms with van der Waals surface area (Å²) in [5.74, 6) is 0.218. The van der Waals surface area contributed by atoms with E-state index in [1.54, 1.807) is 13.3 Å². The maximum Gasteiger partial charge on any atom is 0.173 e. The number of Topliss-reactive ketones (excluding diaryl/α,β-unsaturated/α-hetero) is 1. The van der Waals surface area contributed by atoms with E-state index in [2.05, 4.69) is 11.1 Å². The molecule has 1 fully saturated rings. The molecule has 0 aliphatic heterocycles. The molecule has 1 heterocycles. The highest BCUT2D eigenvalue weighted by Gasteiger charge is 2.45. The maximum atomic E-state index is 13.0. The zero-order valence-electron chi connectivity index (χ0n) is 11.5. The van der Waals surface area contributed by atoms with Gasteiger partial charge in [-0.15, -0.1) is 0 Å². The van der Waals surface area contributed by atoms with Crippen molar-refractivity contribution in [2.24, 2.45) is 0 Å². The lowest BCUT2D eigenvalue weighted by Gasteiger charge is -2.32. The highest BCUT2D eigenvalue weighted by Crippen LogP contribution is 2.41. The number of ketones is 1. The maximum absolute atomic E-state index is 13.0. The number of rotatable bonds is 3. The van der Waals surface area contributed by atoms with E-state index in [0.717, 1.165) is 50.6 Å². The molecule has 3 nitrogen and oxygen atoms in total. The van der Waals surface area contributed by atoms with Gasteiger partial charge in [-0.1, -0.05) is 6.07 Å². The van der Waals surface area contributed by atoms with Gasteiger partial charge in [0.2, 0.25) is 0 Å². The summed E-state index contributed by atoms with van der Waals surface area (Å²) in [6.45, 7) is 0. The van der Waals surface area contributed by atoms with Crippen molar-refractivity contribution in [3.8, 4) is 0 Å². The van der Waals surface area contributed by atoms with Crippen molar-refractivity contribution in [2.45, 2.75) is 56.5 Å². The van der Waals surface area contributed by atoms with E-state index >= 15 is 0 Å². The molecule has 2 aliphatic carbocycles. The van der Waals surface area contributed by atoms with E-state index < -0.39 is 5.60 Å². The monoisotopic (exact) mass is 259 g/mol. The summed E-state index contributed by atoms with van der Waals surface area (Å²) in [6, 6.07) is 4.07. The Morgan fingerprint density at radius 2 is 2.16 bits per heavy atom. The van der Waals surface area contributed by atoms with Crippen LogP contribution in [0.25, 0.3) is 0 Å². The second kappa shape index (κ2) is 5.04. The van der Waals surface area contributed by atoms with Crippen LogP contribution in [-0.2, 0) is 16.0 Å². The fourth-order valence-corrected chi connectivity index (χ4v) is 3.68. The molecule has 0 saturated heterocycles. The smallest absolute Gasteiger partial charge is 0.173 e. The zero-order chi connectivity index (χ0) is 13.3. The van der Waals surface area contributed by atoms with Crippen molar-refractivity contribution >= 4 is 5.78 Å². The first kappa shape index (κ1) is 12.8. The van der Waals surface area contributed by atoms with Crippen molar-refractivity contribution in [1.82, 2.24) is 4.98 Å². The summed E-state index contributed by atoms with van der Waals surface area (Å²) in [4.78, 5) is 17.4. The molecule has 0 bridgehead atoms. The Hall–Kier alpha value is -1.22. The molecular weight excluding hydrogens is 238 g/mol. The largest absolute Gasteiger partial charge is 0.370 e. The van der Waals surface area contributed by atoms with Crippen LogP contribution in [0.2, 0.25) is 0 Å². The summed E-state index contributed by atoms with van der Waals surface area (Å²) in [7, 11) is 1.69. The highest BCUT2D eigenvalue weighted by atomic mass is 16.5. The van der Waals surface area contributed by atoms with Crippen LogP contribution < -0.4 is 0 Å². The molecule has 1 saturated carbocycles. The molecular formula is C16H21NO2. The van der Waals surface area contributed by atoms with Crippen LogP contribution >= 0.6 is 0 Å². The molecule has 1 aromatic rings. The van der Waals surface area contributed by atoms with Gasteiger partial charge in [-0.25, -0.2) is 0 Å². The Labute approximate surface area is 114 Å². The average molecular weight is 259 g/mol. The number of aryl methyl sites for hydroxylation is 1. The number of fused-ring (bicyclic) bond motifs is 1. The van der Waals surface area contributed by atoms with Crippen LogP contribution in [0.3, 0.4) is 0 Å². The fraction of sp³-hybridized carbons (Fsp3) is 0.625. The normalized spacial score (nSPS) is 25.0. The van der Waals surface area contributed by atoms with Gasteiger partial charge in [-0.05, 0) is 56.6 Å². The Morgan fingerprint density at radius 1 is 1.37 bits per heavy atom. The van der Waals surface area contributed by atoms with Gasteiger partial charge in [0.1, 0.15) is 5.60 Å². The van der Waals surface area contributed by atoms with E-state index in [1.807, 2.05) is 6.07 Å². The first-order chi connectivity index (χ1) is 9.27. The molecule has 1 aromatic heterocycles. The predicted octanol–water partition coefficient (Wildman–Crippen LogP) is 3.03. The molecule has 0 amide bonds. The van der Waals surface area contributed by atoms with Crippen molar-refractivity contribution in [3.63, 3.8) is 0 Å². The Kier molecular flexibility index (Phi) is 3.40. The van der Waals surface area contributed by atoms with Crippen molar-refractivity contribution in [2.75, 3.05) is 7.11 Å². The summed E-state index contributed by atoms with van der Waals surface area (Å²) in [5, 5.41) is 0. The second-order valence-electron chi connectivity index (χ2n) is 5.76. The van der Waals surface area contributed by atoms with Crippen molar-refractivity contribution < 1.29 is 9.53 Å². The van der Waals surface area contributed by atoms with Crippen LogP contribution in [0.15, 0.2) is 18.3 Å². The first-order valence-corrected chi connectivity index (χ1v) is 7.30. The van der Waals surface area contributed by atoms with Gasteiger partial charge in [-0.3, -0.25) is 9.78 Å². The average Bonchev–Trinajstić information content (AvgIpc) is 2.96. The second-order valence-corrected chi connectivity index (χ2v) is 5.76. The Morgan fingerprint density at radius 3 is 2.89 bits per heavy atom. The van der Waals surface area contributed by atoms with Gasteiger partial charge < -0.3 is 4.74 Å². The number of hydrogen-bond donors (Lipinski definition) is 0. The number of nitrogens with zero attached hydrogens (tertiary/aromatic N) is 1. The molecule has 3 rings (SSSR count). The number of hydrogen-bond acceptors (Lipinski definition) is 3. The third-order valence-electron chi connectivity index (χ3n) is 4.76. The van der Waals surface area contributed by atoms with E-state index in [4.69, 9.17) is 4.74 Å². The van der Waals surface area contributed by atoms with E-state index in [-0.39, 0.29) is 11.7 Å². The number of aromatic nitrogens is 1. The van der Waals surface area contributed by atoms with Gasteiger partial charge in [0.25, 0.3) is 0 Å². The summed E-state index contributed by atoms with van der Waals surface area (Å²) in [5.41, 5.74) is 1.72. The first-order valence-electron chi connectivity index (χ1n) is 7.30. The van der Waals surface area contributed by atoms with Crippen LogP contribution in [0, 0.1) is 0 Å². The molecule has 0 radical (unpaired) electrons. The van der Waals surface area contributed by atoms with Crippen molar-refractivity contribution in [1.29, 1.82) is 0 Å². The zero-order valence-corrected chi connectivity index (χ0v) is 11.5. The van der Waals surface area contributed by atoms with Crippen LogP contribution in [0.4, 0.5) is 0 Å². The lowest BCUT2D eigenvalue weighted by atomic mass is 9.77.